The molecule has 0 aliphatic carbocycles. The molecule has 1 heterocycles. The molecule has 0 amide bonds. The van der Waals surface area contributed by atoms with Crippen molar-refractivity contribution in [2.45, 2.75) is 38.9 Å². The fraction of sp³-hybridized carbons (Fsp3) is 0.500. The van der Waals surface area contributed by atoms with E-state index in [0.717, 1.165) is 18.0 Å². The van der Waals surface area contributed by atoms with Crippen molar-refractivity contribution in [1.29, 1.82) is 0 Å². The van der Waals surface area contributed by atoms with Crippen LogP contribution < -0.4 is 0 Å². The van der Waals surface area contributed by atoms with Crippen molar-refractivity contribution < 1.29 is 18.3 Å². The fourth-order valence-electron chi connectivity index (χ4n) is 2.23. The van der Waals surface area contributed by atoms with E-state index in [9.17, 15) is 13.2 Å². The summed E-state index contributed by atoms with van der Waals surface area (Å²) >= 11 is 0. The maximum absolute atomic E-state index is 12.7. The quantitative estimate of drug-likeness (QED) is 0.933. The summed E-state index contributed by atoms with van der Waals surface area (Å²) in [5.74, 6) is 0.850. The van der Waals surface area contributed by atoms with Gasteiger partial charge in [0.1, 0.15) is 5.82 Å². The zero-order valence-electron chi connectivity index (χ0n) is 11.4. The number of aryl methyl sites for hydroxylation is 1. The lowest BCUT2D eigenvalue weighted by atomic mass is 10.2. The number of aliphatic hydroxyl groups is 1. The second-order valence-electron chi connectivity index (χ2n) is 5.05. The monoisotopic (exact) mass is 286 g/mol. The Kier molecular flexibility index (Phi) is 4.04. The van der Waals surface area contributed by atoms with E-state index in [2.05, 4.69) is 4.98 Å². The van der Waals surface area contributed by atoms with Crippen molar-refractivity contribution in [2.75, 3.05) is 6.61 Å². The normalized spacial score (nSPS) is 12.6. The third-order valence-corrected chi connectivity index (χ3v) is 3.16. The third-order valence-electron chi connectivity index (χ3n) is 3.16. The molecule has 3 nitrogen and oxygen atoms in total. The second kappa shape index (κ2) is 5.44. The van der Waals surface area contributed by atoms with Gasteiger partial charge in [-0.1, -0.05) is 13.8 Å². The van der Waals surface area contributed by atoms with Gasteiger partial charge in [-0.05, 0) is 24.6 Å². The number of hydrogen-bond acceptors (Lipinski definition) is 2. The molecule has 2 rings (SSSR count). The Morgan fingerprint density at radius 1 is 1.30 bits per heavy atom. The van der Waals surface area contributed by atoms with E-state index in [1.54, 1.807) is 0 Å². The Bertz CT molecular complexity index is 602. The van der Waals surface area contributed by atoms with Crippen molar-refractivity contribution in [3.63, 3.8) is 0 Å². The highest BCUT2D eigenvalue weighted by Crippen LogP contribution is 2.32. The number of aromatic nitrogens is 2. The minimum absolute atomic E-state index is 0.0395. The number of aliphatic hydroxyl groups excluding tert-OH is 1. The van der Waals surface area contributed by atoms with Crippen molar-refractivity contribution in [1.82, 2.24) is 9.55 Å². The van der Waals surface area contributed by atoms with E-state index in [-0.39, 0.29) is 12.5 Å². The van der Waals surface area contributed by atoms with Crippen molar-refractivity contribution in [2.24, 2.45) is 0 Å². The summed E-state index contributed by atoms with van der Waals surface area (Å²) in [6.07, 6.45) is -3.81. The first-order valence-corrected chi connectivity index (χ1v) is 6.53. The van der Waals surface area contributed by atoms with Crippen LogP contribution in [0.2, 0.25) is 0 Å². The van der Waals surface area contributed by atoms with Crippen molar-refractivity contribution >= 4 is 11.0 Å². The topological polar surface area (TPSA) is 38.0 Å². The van der Waals surface area contributed by atoms with Crippen LogP contribution in [0.5, 0.6) is 0 Å². The second-order valence-corrected chi connectivity index (χ2v) is 5.05. The predicted octanol–water partition coefficient (Wildman–Crippen LogP) is 3.56. The number of rotatable bonds is 4. The zero-order valence-corrected chi connectivity index (χ0v) is 11.4. The average Bonchev–Trinajstić information content (AvgIpc) is 2.73. The number of imidazole rings is 1. The summed E-state index contributed by atoms with van der Waals surface area (Å²) in [6.45, 7) is 4.48. The first-order chi connectivity index (χ1) is 9.34. The van der Waals surface area contributed by atoms with Crippen molar-refractivity contribution in [3.05, 3.63) is 29.6 Å². The van der Waals surface area contributed by atoms with Gasteiger partial charge in [0.05, 0.1) is 16.6 Å². The molecule has 110 valence electrons. The Hall–Kier alpha value is -1.56. The molecule has 1 N–H and O–H groups in total. The van der Waals surface area contributed by atoms with Crippen molar-refractivity contribution in [3.8, 4) is 0 Å². The first kappa shape index (κ1) is 14.8. The van der Waals surface area contributed by atoms with Crippen LogP contribution in [0.15, 0.2) is 18.2 Å². The van der Waals surface area contributed by atoms with Crippen LogP contribution >= 0.6 is 0 Å². The molecule has 20 heavy (non-hydrogen) atoms. The fourth-order valence-corrected chi connectivity index (χ4v) is 2.23. The molecule has 0 saturated heterocycles. The SMILES string of the molecule is CC(C)c1nc2cc(C(F)(F)F)ccc2n1CCCO. The largest absolute Gasteiger partial charge is 0.416 e. The Labute approximate surface area is 115 Å². The molecule has 0 atom stereocenters. The molecule has 0 fully saturated rings. The van der Waals surface area contributed by atoms with Crippen LogP contribution in [-0.2, 0) is 12.7 Å². The highest BCUT2D eigenvalue weighted by Gasteiger charge is 2.31. The number of hydrogen-bond donors (Lipinski definition) is 1. The maximum atomic E-state index is 12.7. The molecule has 0 bridgehead atoms. The molecule has 0 unspecified atom stereocenters. The lowest BCUT2D eigenvalue weighted by molar-refractivity contribution is -0.137. The molecule has 1 aromatic heterocycles. The summed E-state index contributed by atoms with van der Waals surface area (Å²) in [7, 11) is 0. The van der Waals surface area contributed by atoms with E-state index in [0.29, 0.717) is 24.0 Å². The minimum Gasteiger partial charge on any atom is -0.396 e. The van der Waals surface area contributed by atoms with Gasteiger partial charge in [0.15, 0.2) is 0 Å². The zero-order chi connectivity index (χ0) is 14.9. The molecule has 1 aromatic carbocycles. The molecular weight excluding hydrogens is 269 g/mol. The van der Waals surface area contributed by atoms with E-state index in [1.807, 2.05) is 18.4 Å². The number of nitrogens with zero attached hydrogens (tertiary/aromatic N) is 2. The summed E-state index contributed by atoms with van der Waals surface area (Å²) in [4.78, 5) is 4.32. The van der Waals surface area contributed by atoms with Crippen LogP contribution in [0.25, 0.3) is 11.0 Å². The molecule has 0 saturated carbocycles. The van der Waals surface area contributed by atoms with Gasteiger partial charge in [-0.25, -0.2) is 4.98 Å². The Morgan fingerprint density at radius 3 is 2.55 bits per heavy atom. The summed E-state index contributed by atoms with van der Waals surface area (Å²) < 4.78 is 40.0. The molecule has 0 aliphatic heterocycles. The van der Waals surface area contributed by atoms with Gasteiger partial charge < -0.3 is 9.67 Å². The number of alkyl halides is 3. The number of halogens is 3. The minimum atomic E-state index is -4.36. The first-order valence-electron chi connectivity index (χ1n) is 6.53. The van der Waals surface area contributed by atoms with Crippen LogP contribution in [0.1, 0.15) is 37.6 Å². The molecule has 6 heteroatoms. The molecule has 2 aromatic rings. The molecule has 0 spiro atoms. The van der Waals surface area contributed by atoms with Crippen LogP contribution in [-0.4, -0.2) is 21.3 Å². The van der Waals surface area contributed by atoms with Gasteiger partial charge in [0.25, 0.3) is 0 Å². The van der Waals surface area contributed by atoms with Gasteiger partial charge in [0.2, 0.25) is 0 Å². The van der Waals surface area contributed by atoms with E-state index in [1.165, 1.54) is 6.07 Å². The van der Waals surface area contributed by atoms with Crippen LogP contribution in [0, 0.1) is 0 Å². The standard InChI is InChI=1S/C14H17F3N2O/c1-9(2)13-18-11-8-10(14(15,16)17)4-5-12(11)19(13)6-3-7-20/h4-5,8-9,20H,3,6-7H2,1-2H3. The van der Waals surface area contributed by atoms with Gasteiger partial charge in [-0.15, -0.1) is 0 Å². The maximum Gasteiger partial charge on any atom is 0.416 e. The Morgan fingerprint density at radius 2 is 2.00 bits per heavy atom. The molecule has 0 radical (unpaired) electrons. The lowest BCUT2D eigenvalue weighted by Gasteiger charge is -2.11. The average molecular weight is 286 g/mol. The third kappa shape index (κ3) is 2.80. The van der Waals surface area contributed by atoms with Gasteiger partial charge in [-0.2, -0.15) is 13.2 Å². The van der Waals surface area contributed by atoms with E-state index >= 15 is 0 Å². The number of benzene rings is 1. The smallest absolute Gasteiger partial charge is 0.396 e. The lowest BCUT2D eigenvalue weighted by Crippen LogP contribution is -2.07. The summed E-state index contributed by atoms with van der Waals surface area (Å²) in [5.41, 5.74) is 0.337. The Balaban J connectivity index is 2.55. The van der Waals surface area contributed by atoms with Crippen LogP contribution in [0.3, 0.4) is 0 Å². The summed E-state index contributed by atoms with van der Waals surface area (Å²) in [6, 6.07) is 3.61. The van der Waals surface area contributed by atoms with Gasteiger partial charge in [0, 0.05) is 19.1 Å². The highest BCUT2D eigenvalue weighted by atomic mass is 19.4. The molecular formula is C14H17F3N2O. The molecule has 0 aliphatic rings. The van der Waals surface area contributed by atoms with Crippen LogP contribution in [0.4, 0.5) is 13.2 Å². The van der Waals surface area contributed by atoms with Gasteiger partial charge >= 0.3 is 6.18 Å². The predicted molar refractivity (Wildman–Crippen MR) is 70.5 cm³/mol. The highest BCUT2D eigenvalue weighted by molar-refractivity contribution is 5.77. The summed E-state index contributed by atoms with van der Waals surface area (Å²) in [5, 5.41) is 8.93. The van der Waals surface area contributed by atoms with E-state index < -0.39 is 11.7 Å². The van der Waals surface area contributed by atoms with Gasteiger partial charge in [-0.3, -0.25) is 0 Å². The number of fused-ring (bicyclic) bond motifs is 1. The van der Waals surface area contributed by atoms with E-state index in [4.69, 9.17) is 5.11 Å².